The Labute approximate surface area is 156 Å². The van der Waals surface area contributed by atoms with Crippen LogP contribution in [0.15, 0.2) is 59.2 Å². The number of aromatic nitrogens is 2. The number of ether oxygens (including phenoxy) is 1. The summed E-state index contributed by atoms with van der Waals surface area (Å²) < 4.78 is 7.49. The zero-order valence-electron chi connectivity index (χ0n) is 13.5. The van der Waals surface area contributed by atoms with E-state index in [-0.39, 0.29) is 11.4 Å². The molecule has 0 atom stereocenters. The van der Waals surface area contributed by atoms with Gasteiger partial charge in [-0.1, -0.05) is 15.9 Å². The van der Waals surface area contributed by atoms with Gasteiger partial charge in [-0.2, -0.15) is 5.10 Å². The molecule has 1 heterocycles. The summed E-state index contributed by atoms with van der Waals surface area (Å²) in [5, 5.41) is 17.7. The third-order valence-corrected chi connectivity index (χ3v) is 4.05. The normalized spacial score (nSPS) is 10.4. The fraction of sp³-hybridized carbons (Fsp3) is 0.0588. The summed E-state index contributed by atoms with van der Waals surface area (Å²) in [6, 6.07) is 12.7. The van der Waals surface area contributed by atoms with E-state index < -0.39 is 10.8 Å². The number of nitro benzene ring substituents is 1. The number of hydrogen-bond donors (Lipinski definition) is 1. The average Bonchev–Trinajstić information content (AvgIpc) is 3.12. The molecular formula is C17H13BrN4O4. The molecule has 0 spiro atoms. The molecule has 1 amide bonds. The van der Waals surface area contributed by atoms with Gasteiger partial charge in [-0.3, -0.25) is 14.9 Å². The van der Waals surface area contributed by atoms with Crippen LogP contribution in [0.25, 0.3) is 5.69 Å². The van der Waals surface area contributed by atoms with Crippen molar-refractivity contribution in [3.8, 4) is 11.4 Å². The second-order valence-corrected chi connectivity index (χ2v) is 6.13. The molecular weight excluding hydrogens is 404 g/mol. The Balaban J connectivity index is 1.80. The molecule has 0 saturated carbocycles. The van der Waals surface area contributed by atoms with Crippen molar-refractivity contribution in [3.63, 3.8) is 0 Å². The first kappa shape index (κ1) is 17.6. The Morgan fingerprint density at radius 1 is 1.23 bits per heavy atom. The number of rotatable bonds is 5. The highest BCUT2D eigenvalue weighted by molar-refractivity contribution is 9.10. The minimum absolute atomic E-state index is 0.0133. The van der Waals surface area contributed by atoms with Crippen LogP contribution in [0.3, 0.4) is 0 Å². The quantitative estimate of drug-likeness (QED) is 0.503. The number of nitrogens with one attached hydrogen (secondary N) is 1. The van der Waals surface area contributed by atoms with Crippen LogP contribution in [0.2, 0.25) is 0 Å². The number of carbonyl (C=O) groups excluding carboxylic acids is 1. The van der Waals surface area contributed by atoms with Crippen LogP contribution in [0, 0.1) is 10.1 Å². The van der Waals surface area contributed by atoms with Crippen molar-refractivity contribution >= 4 is 33.2 Å². The van der Waals surface area contributed by atoms with Gasteiger partial charge in [-0.25, -0.2) is 4.68 Å². The summed E-state index contributed by atoms with van der Waals surface area (Å²) >= 11 is 3.35. The van der Waals surface area contributed by atoms with Crippen LogP contribution in [-0.4, -0.2) is 27.7 Å². The van der Waals surface area contributed by atoms with Gasteiger partial charge in [0.1, 0.15) is 5.75 Å². The largest absolute Gasteiger partial charge is 0.495 e. The molecule has 3 aromatic rings. The molecule has 0 bridgehead atoms. The van der Waals surface area contributed by atoms with E-state index in [1.807, 2.05) is 0 Å². The summed E-state index contributed by atoms with van der Waals surface area (Å²) in [5.41, 5.74) is 1.30. The second-order valence-electron chi connectivity index (χ2n) is 5.22. The molecule has 8 nitrogen and oxygen atoms in total. The molecule has 3 rings (SSSR count). The number of halogens is 1. The van der Waals surface area contributed by atoms with Crippen LogP contribution >= 0.6 is 15.9 Å². The van der Waals surface area contributed by atoms with E-state index in [0.717, 1.165) is 4.47 Å². The highest BCUT2D eigenvalue weighted by Crippen LogP contribution is 2.28. The maximum absolute atomic E-state index is 12.4. The number of amides is 1. The fourth-order valence-electron chi connectivity index (χ4n) is 2.28. The van der Waals surface area contributed by atoms with Crippen molar-refractivity contribution in [2.24, 2.45) is 0 Å². The van der Waals surface area contributed by atoms with Gasteiger partial charge in [0.2, 0.25) is 0 Å². The maximum Gasteiger partial charge on any atom is 0.276 e. The number of benzene rings is 2. The number of nitro groups is 1. The third kappa shape index (κ3) is 3.72. The van der Waals surface area contributed by atoms with E-state index in [1.165, 1.54) is 23.9 Å². The Bertz CT molecular complexity index is 969. The molecule has 9 heteroatoms. The monoisotopic (exact) mass is 416 g/mol. The lowest BCUT2D eigenvalue weighted by Gasteiger charge is -2.09. The van der Waals surface area contributed by atoms with Crippen LogP contribution in [0.4, 0.5) is 11.4 Å². The van der Waals surface area contributed by atoms with Crippen molar-refractivity contribution in [1.29, 1.82) is 0 Å². The summed E-state index contributed by atoms with van der Waals surface area (Å²) in [7, 11) is 1.52. The molecule has 0 aliphatic heterocycles. The summed E-state index contributed by atoms with van der Waals surface area (Å²) in [6.45, 7) is 0. The van der Waals surface area contributed by atoms with Gasteiger partial charge in [0.05, 0.1) is 23.4 Å². The smallest absolute Gasteiger partial charge is 0.276 e. The topological polar surface area (TPSA) is 99.3 Å². The van der Waals surface area contributed by atoms with Crippen LogP contribution in [0.5, 0.6) is 5.75 Å². The standard InChI is InChI=1S/C17H13BrN4O4/c1-26-16-7-2-11(18)10-15(16)19-17(23)14-8-9-21(20-14)12-3-5-13(6-4-12)22(24)25/h2-10H,1H3,(H,19,23). The van der Waals surface area contributed by atoms with Crippen molar-refractivity contribution in [2.75, 3.05) is 12.4 Å². The average molecular weight is 417 g/mol. The van der Waals surface area contributed by atoms with Gasteiger partial charge in [0.25, 0.3) is 11.6 Å². The minimum Gasteiger partial charge on any atom is -0.495 e. The SMILES string of the molecule is COc1ccc(Br)cc1NC(=O)c1ccn(-c2ccc([N+](=O)[O-])cc2)n1. The van der Waals surface area contributed by atoms with E-state index in [9.17, 15) is 14.9 Å². The molecule has 0 aliphatic rings. The van der Waals surface area contributed by atoms with E-state index in [0.29, 0.717) is 17.1 Å². The Hall–Kier alpha value is -3.20. The highest BCUT2D eigenvalue weighted by atomic mass is 79.9. The van der Waals surface area contributed by atoms with Gasteiger partial charge in [-0.05, 0) is 36.4 Å². The van der Waals surface area contributed by atoms with Crippen molar-refractivity contribution in [1.82, 2.24) is 9.78 Å². The molecule has 132 valence electrons. The van der Waals surface area contributed by atoms with Crippen molar-refractivity contribution < 1.29 is 14.5 Å². The predicted molar refractivity (Wildman–Crippen MR) is 98.9 cm³/mol. The number of nitrogens with zero attached hydrogens (tertiary/aromatic N) is 3. The maximum atomic E-state index is 12.4. The zero-order valence-corrected chi connectivity index (χ0v) is 15.1. The van der Waals surface area contributed by atoms with Crippen molar-refractivity contribution in [3.05, 3.63) is 75.0 Å². The predicted octanol–water partition coefficient (Wildman–Crippen LogP) is 3.80. The van der Waals surface area contributed by atoms with Crippen LogP contribution < -0.4 is 10.1 Å². The first-order chi connectivity index (χ1) is 12.5. The lowest BCUT2D eigenvalue weighted by Crippen LogP contribution is -2.14. The van der Waals surface area contributed by atoms with E-state index in [1.54, 1.807) is 42.6 Å². The molecule has 1 aromatic heterocycles. The molecule has 2 aromatic carbocycles. The fourth-order valence-corrected chi connectivity index (χ4v) is 2.64. The van der Waals surface area contributed by atoms with Gasteiger partial charge >= 0.3 is 0 Å². The van der Waals surface area contributed by atoms with Crippen LogP contribution in [0.1, 0.15) is 10.5 Å². The zero-order chi connectivity index (χ0) is 18.7. The van der Waals surface area contributed by atoms with Crippen LogP contribution in [-0.2, 0) is 0 Å². The second kappa shape index (κ2) is 7.36. The Kier molecular flexibility index (Phi) is 4.99. The lowest BCUT2D eigenvalue weighted by molar-refractivity contribution is -0.384. The molecule has 0 radical (unpaired) electrons. The molecule has 0 aliphatic carbocycles. The van der Waals surface area contributed by atoms with Gasteiger partial charge in [-0.15, -0.1) is 0 Å². The molecule has 0 unspecified atom stereocenters. The number of hydrogen-bond acceptors (Lipinski definition) is 5. The number of methoxy groups -OCH3 is 1. The summed E-state index contributed by atoms with van der Waals surface area (Å²) in [5.74, 6) is 0.124. The minimum atomic E-state index is -0.475. The Morgan fingerprint density at radius 2 is 1.96 bits per heavy atom. The first-order valence-corrected chi connectivity index (χ1v) is 8.22. The van der Waals surface area contributed by atoms with Crippen molar-refractivity contribution in [2.45, 2.75) is 0 Å². The summed E-state index contributed by atoms with van der Waals surface area (Å²) in [4.78, 5) is 22.7. The summed E-state index contributed by atoms with van der Waals surface area (Å²) in [6.07, 6.45) is 1.61. The first-order valence-electron chi connectivity index (χ1n) is 7.43. The van der Waals surface area contributed by atoms with E-state index in [2.05, 4.69) is 26.3 Å². The Morgan fingerprint density at radius 3 is 2.62 bits per heavy atom. The highest BCUT2D eigenvalue weighted by Gasteiger charge is 2.14. The van der Waals surface area contributed by atoms with Gasteiger partial charge in [0.15, 0.2) is 5.69 Å². The van der Waals surface area contributed by atoms with Gasteiger partial charge < -0.3 is 10.1 Å². The van der Waals surface area contributed by atoms with E-state index >= 15 is 0 Å². The molecule has 0 fully saturated rings. The number of non-ortho nitro benzene ring substituents is 1. The lowest BCUT2D eigenvalue weighted by atomic mass is 10.3. The third-order valence-electron chi connectivity index (χ3n) is 3.56. The number of carbonyl (C=O) groups is 1. The number of anilines is 1. The molecule has 1 N–H and O–H groups in total. The van der Waals surface area contributed by atoms with E-state index in [4.69, 9.17) is 4.74 Å². The van der Waals surface area contributed by atoms with Gasteiger partial charge in [0, 0.05) is 22.8 Å². The molecule has 26 heavy (non-hydrogen) atoms. The molecule has 0 saturated heterocycles.